The van der Waals surface area contributed by atoms with Crippen molar-refractivity contribution in [1.82, 2.24) is 0 Å². The Bertz CT molecular complexity index is 405. The lowest BCUT2D eigenvalue weighted by Crippen LogP contribution is -2.09. The Morgan fingerprint density at radius 2 is 1.12 bits per heavy atom. The summed E-state index contributed by atoms with van der Waals surface area (Å²) < 4.78 is 12.3. The highest BCUT2D eigenvalue weighted by atomic mass is 16.5. The molecule has 0 fully saturated rings. The number of benzene rings is 1. The molecule has 0 aliphatic rings. The van der Waals surface area contributed by atoms with Gasteiger partial charge in [-0.25, -0.2) is 0 Å². The van der Waals surface area contributed by atoms with Gasteiger partial charge in [0.15, 0.2) is 0 Å². The summed E-state index contributed by atoms with van der Waals surface area (Å²) in [6.45, 7) is 10.5. The molecule has 1 aromatic carbocycles. The molecular formula is C23H39O2. The molecule has 0 spiro atoms. The van der Waals surface area contributed by atoms with Crippen molar-refractivity contribution in [2.45, 2.75) is 91.9 Å². The van der Waals surface area contributed by atoms with Gasteiger partial charge in [0.25, 0.3) is 0 Å². The Morgan fingerprint density at radius 1 is 0.680 bits per heavy atom. The standard InChI is InChI=1S/C23H39O2/c1-5-9-14-20(15-10-6-2)23-21(24-18-11-7-3)16-13-17-22(23)25-19-12-8-4/h13,16-17H,5-12,14-15,18-19H2,1-4H3. The van der Waals surface area contributed by atoms with Gasteiger partial charge in [-0.05, 0) is 37.8 Å². The number of unbranched alkanes of at least 4 members (excludes halogenated alkanes) is 4. The average molecular weight is 348 g/mol. The lowest BCUT2D eigenvalue weighted by atomic mass is 9.87. The quantitative estimate of drug-likeness (QED) is 0.309. The third-order valence-corrected chi connectivity index (χ3v) is 4.52. The van der Waals surface area contributed by atoms with Gasteiger partial charge in [-0.3, -0.25) is 0 Å². The first-order valence-electron chi connectivity index (χ1n) is 10.5. The van der Waals surface area contributed by atoms with Crippen LogP contribution in [0, 0.1) is 5.92 Å². The van der Waals surface area contributed by atoms with Gasteiger partial charge in [0.05, 0.1) is 13.2 Å². The van der Waals surface area contributed by atoms with Gasteiger partial charge < -0.3 is 9.47 Å². The molecule has 2 nitrogen and oxygen atoms in total. The van der Waals surface area contributed by atoms with E-state index in [2.05, 4.69) is 45.9 Å². The van der Waals surface area contributed by atoms with E-state index in [1.54, 1.807) is 0 Å². The van der Waals surface area contributed by atoms with Crippen molar-refractivity contribution in [2.75, 3.05) is 13.2 Å². The largest absolute Gasteiger partial charge is 0.493 e. The van der Waals surface area contributed by atoms with Gasteiger partial charge in [-0.15, -0.1) is 0 Å². The van der Waals surface area contributed by atoms with Crippen LogP contribution in [0.3, 0.4) is 0 Å². The third kappa shape index (κ3) is 8.16. The van der Waals surface area contributed by atoms with E-state index in [-0.39, 0.29) is 0 Å². The first-order valence-corrected chi connectivity index (χ1v) is 10.5. The van der Waals surface area contributed by atoms with Crippen molar-refractivity contribution in [2.24, 2.45) is 0 Å². The van der Waals surface area contributed by atoms with Crippen LogP contribution < -0.4 is 9.47 Å². The summed E-state index contributed by atoms with van der Waals surface area (Å²) in [4.78, 5) is 0. The minimum absolute atomic E-state index is 0.788. The van der Waals surface area contributed by atoms with Crippen LogP contribution >= 0.6 is 0 Å². The maximum absolute atomic E-state index is 6.16. The first-order chi connectivity index (χ1) is 12.3. The number of hydrogen-bond acceptors (Lipinski definition) is 2. The summed E-state index contributed by atoms with van der Waals surface area (Å²) >= 11 is 0. The third-order valence-electron chi connectivity index (χ3n) is 4.52. The molecule has 0 unspecified atom stereocenters. The van der Waals surface area contributed by atoms with Gasteiger partial charge in [-0.1, -0.05) is 72.3 Å². The summed E-state index contributed by atoms with van der Waals surface area (Å²) in [6.07, 6.45) is 11.7. The number of hydrogen-bond donors (Lipinski definition) is 0. The molecule has 25 heavy (non-hydrogen) atoms. The predicted octanol–water partition coefficient (Wildman–Crippen LogP) is 7.35. The zero-order valence-electron chi connectivity index (χ0n) is 17.0. The fourth-order valence-corrected chi connectivity index (χ4v) is 2.91. The second-order valence-electron chi connectivity index (χ2n) is 6.84. The molecule has 0 N–H and O–H groups in total. The fourth-order valence-electron chi connectivity index (χ4n) is 2.91. The van der Waals surface area contributed by atoms with Crippen molar-refractivity contribution < 1.29 is 9.47 Å². The molecule has 1 radical (unpaired) electrons. The topological polar surface area (TPSA) is 18.5 Å². The second-order valence-corrected chi connectivity index (χ2v) is 6.84. The van der Waals surface area contributed by atoms with Crippen LogP contribution in [0.2, 0.25) is 0 Å². The van der Waals surface area contributed by atoms with E-state index in [1.165, 1.54) is 37.2 Å². The molecule has 2 heteroatoms. The van der Waals surface area contributed by atoms with Crippen molar-refractivity contribution in [3.63, 3.8) is 0 Å². The van der Waals surface area contributed by atoms with Crippen LogP contribution in [-0.4, -0.2) is 13.2 Å². The van der Waals surface area contributed by atoms with Crippen LogP contribution in [0.25, 0.3) is 0 Å². The minimum Gasteiger partial charge on any atom is -0.493 e. The summed E-state index contributed by atoms with van der Waals surface area (Å²) in [5.74, 6) is 3.55. The fraction of sp³-hybridized carbons (Fsp3) is 0.696. The maximum Gasteiger partial charge on any atom is 0.126 e. The molecule has 1 rings (SSSR count). The van der Waals surface area contributed by atoms with Crippen molar-refractivity contribution >= 4 is 0 Å². The lowest BCUT2D eigenvalue weighted by Gasteiger charge is -2.23. The van der Waals surface area contributed by atoms with E-state index in [0.717, 1.165) is 63.2 Å². The number of rotatable bonds is 15. The van der Waals surface area contributed by atoms with Crippen LogP contribution in [0.15, 0.2) is 18.2 Å². The molecular weight excluding hydrogens is 308 g/mol. The van der Waals surface area contributed by atoms with Crippen LogP contribution in [0.5, 0.6) is 11.5 Å². The Balaban J connectivity index is 3.05. The van der Waals surface area contributed by atoms with Crippen LogP contribution in [0.4, 0.5) is 0 Å². The van der Waals surface area contributed by atoms with E-state index < -0.39 is 0 Å². The second kappa shape index (κ2) is 14.0. The van der Waals surface area contributed by atoms with Gasteiger partial charge in [0.2, 0.25) is 0 Å². The molecule has 0 heterocycles. The maximum atomic E-state index is 6.16. The van der Waals surface area contributed by atoms with E-state index in [0.29, 0.717) is 0 Å². The molecule has 0 saturated carbocycles. The SMILES string of the molecule is CCCCOc1cccc(OCCCC)c1[C](CCCC)CCCC. The predicted molar refractivity (Wildman–Crippen MR) is 109 cm³/mol. The smallest absolute Gasteiger partial charge is 0.126 e. The number of ether oxygens (including phenoxy) is 2. The highest BCUT2D eigenvalue weighted by Crippen LogP contribution is 2.40. The molecule has 0 aliphatic carbocycles. The normalized spacial score (nSPS) is 11.1. The van der Waals surface area contributed by atoms with Gasteiger partial charge in [-0.2, -0.15) is 0 Å². The Hall–Kier alpha value is -1.18. The highest BCUT2D eigenvalue weighted by Gasteiger charge is 2.21. The van der Waals surface area contributed by atoms with E-state index in [1.807, 2.05) is 0 Å². The zero-order valence-corrected chi connectivity index (χ0v) is 17.0. The molecule has 0 amide bonds. The van der Waals surface area contributed by atoms with Gasteiger partial charge in [0.1, 0.15) is 11.5 Å². The Kier molecular flexibility index (Phi) is 12.3. The Labute approximate surface area is 156 Å². The molecule has 0 bridgehead atoms. The van der Waals surface area contributed by atoms with E-state index in [9.17, 15) is 0 Å². The lowest BCUT2D eigenvalue weighted by molar-refractivity contribution is 0.289. The summed E-state index contributed by atoms with van der Waals surface area (Å²) in [6, 6.07) is 6.31. The van der Waals surface area contributed by atoms with Gasteiger partial charge >= 0.3 is 0 Å². The monoisotopic (exact) mass is 347 g/mol. The summed E-state index contributed by atoms with van der Waals surface area (Å²) in [5, 5.41) is 0. The van der Waals surface area contributed by atoms with Gasteiger partial charge in [0, 0.05) is 11.5 Å². The highest BCUT2D eigenvalue weighted by molar-refractivity contribution is 5.53. The van der Waals surface area contributed by atoms with Crippen molar-refractivity contribution in [1.29, 1.82) is 0 Å². The summed E-state index contributed by atoms with van der Waals surface area (Å²) in [5.41, 5.74) is 1.25. The van der Waals surface area contributed by atoms with Crippen molar-refractivity contribution in [3.8, 4) is 11.5 Å². The van der Waals surface area contributed by atoms with E-state index in [4.69, 9.17) is 9.47 Å². The molecule has 0 aliphatic heterocycles. The molecule has 0 atom stereocenters. The van der Waals surface area contributed by atoms with Crippen molar-refractivity contribution in [3.05, 3.63) is 29.7 Å². The molecule has 143 valence electrons. The zero-order chi connectivity index (χ0) is 18.3. The first kappa shape index (κ1) is 21.9. The van der Waals surface area contributed by atoms with Crippen LogP contribution in [0.1, 0.15) is 97.5 Å². The van der Waals surface area contributed by atoms with E-state index >= 15 is 0 Å². The minimum atomic E-state index is 0.788. The van der Waals surface area contributed by atoms with Crippen LogP contribution in [-0.2, 0) is 0 Å². The Morgan fingerprint density at radius 3 is 1.52 bits per heavy atom. The average Bonchev–Trinajstić information content (AvgIpc) is 2.63. The molecule has 0 aromatic heterocycles. The molecule has 0 saturated heterocycles. The summed E-state index contributed by atoms with van der Waals surface area (Å²) in [7, 11) is 0. The molecule has 1 aromatic rings.